The lowest BCUT2D eigenvalue weighted by atomic mass is 10.3. The summed E-state index contributed by atoms with van der Waals surface area (Å²) in [4.78, 5) is 23.7. The zero-order valence-electron chi connectivity index (χ0n) is 12.8. The van der Waals surface area contributed by atoms with Crippen LogP contribution in [0.4, 0.5) is 5.69 Å². The van der Waals surface area contributed by atoms with Crippen molar-refractivity contribution < 1.29 is 14.3 Å². The summed E-state index contributed by atoms with van der Waals surface area (Å²) in [5.74, 6) is 0.645. The fourth-order valence-corrected chi connectivity index (χ4v) is 2.92. The molecule has 2 amide bonds. The van der Waals surface area contributed by atoms with Crippen LogP contribution < -0.4 is 15.8 Å². The number of nitrogens with one attached hydrogen (secondary N) is 1. The van der Waals surface area contributed by atoms with Crippen LogP contribution in [0.15, 0.2) is 57.9 Å². The number of nitrogens with two attached hydrogens (primary N) is 1. The van der Waals surface area contributed by atoms with Gasteiger partial charge in [-0.05, 0) is 48.5 Å². The molecule has 3 N–H and O–H groups in total. The van der Waals surface area contributed by atoms with E-state index in [9.17, 15) is 9.59 Å². The number of benzene rings is 2. The van der Waals surface area contributed by atoms with Gasteiger partial charge >= 0.3 is 0 Å². The number of rotatable bonds is 8. The highest BCUT2D eigenvalue weighted by Gasteiger charge is 2.04. The Morgan fingerprint density at radius 1 is 1.08 bits per heavy atom. The number of ether oxygens (including phenoxy) is 1. The highest BCUT2D eigenvalue weighted by Crippen LogP contribution is 2.21. The Balaban J connectivity index is 1.73. The summed E-state index contributed by atoms with van der Waals surface area (Å²) < 4.78 is 6.19. The van der Waals surface area contributed by atoms with E-state index in [0.29, 0.717) is 23.6 Å². The molecule has 7 heteroatoms. The molecule has 126 valence electrons. The standard InChI is InChI=1S/C17H17BrN2O3S/c18-12-1-7-15(8-2-12)24-10-9-17(22)20-13-3-5-14(6-4-13)23-11-16(19)21/h1-8H,9-11H2,(H2,19,21)(H,20,22). The molecule has 0 saturated carbocycles. The maximum Gasteiger partial charge on any atom is 0.255 e. The third-order valence-corrected chi connectivity index (χ3v) is 4.47. The smallest absolute Gasteiger partial charge is 0.255 e. The average molecular weight is 409 g/mol. The lowest BCUT2D eigenvalue weighted by Crippen LogP contribution is -2.20. The van der Waals surface area contributed by atoms with Crippen molar-refractivity contribution in [2.45, 2.75) is 11.3 Å². The molecule has 0 aliphatic rings. The van der Waals surface area contributed by atoms with Gasteiger partial charge in [0, 0.05) is 27.2 Å². The van der Waals surface area contributed by atoms with Crippen LogP contribution in [-0.4, -0.2) is 24.2 Å². The van der Waals surface area contributed by atoms with Crippen molar-refractivity contribution in [1.29, 1.82) is 0 Å². The minimum absolute atomic E-state index is 0.0505. The van der Waals surface area contributed by atoms with E-state index in [1.54, 1.807) is 36.0 Å². The van der Waals surface area contributed by atoms with Crippen molar-refractivity contribution in [2.75, 3.05) is 17.7 Å². The molecule has 2 aromatic rings. The zero-order valence-corrected chi connectivity index (χ0v) is 15.2. The summed E-state index contributed by atoms with van der Waals surface area (Å²) >= 11 is 5.02. The molecular weight excluding hydrogens is 392 g/mol. The summed E-state index contributed by atoms with van der Waals surface area (Å²) in [5.41, 5.74) is 5.69. The van der Waals surface area contributed by atoms with Gasteiger partial charge in [-0.2, -0.15) is 0 Å². The van der Waals surface area contributed by atoms with Gasteiger partial charge in [0.2, 0.25) is 5.91 Å². The quantitative estimate of drug-likeness (QED) is 0.655. The van der Waals surface area contributed by atoms with E-state index in [1.807, 2.05) is 24.3 Å². The molecule has 0 aliphatic heterocycles. The zero-order chi connectivity index (χ0) is 17.4. The summed E-state index contributed by atoms with van der Waals surface area (Å²) in [6, 6.07) is 14.8. The van der Waals surface area contributed by atoms with Gasteiger partial charge in [0.25, 0.3) is 5.91 Å². The summed E-state index contributed by atoms with van der Waals surface area (Å²) in [6.07, 6.45) is 0.417. The molecule has 24 heavy (non-hydrogen) atoms. The van der Waals surface area contributed by atoms with E-state index in [2.05, 4.69) is 21.2 Å². The van der Waals surface area contributed by atoms with E-state index < -0.39 is 5.91 Å². The lowest BCUT2D eigenvalue weighted by Gasteiger charge is -2.07. The van der Waals surface area contributed by atoms with Crippen LogP contribution in [0.3, 0.4) is 0 Å². The molecule has 2 aromatic carbocycles. The molecule has 0 spiro atoms. The molecule has 0 heterocycles. The largest absolute Gasteiger partial charge is 0.484 e. The van der Waals surface area contributed by atoms with E-state index in [0.717, 1.165) is 9.37 Å². The summed E-state index contributed by atoms with van der Waals surface area (Å²) in [6.45, 7) is -0.168. The second kappa shape index (κ2) is 9.34. The molecule has 0 aromatic heterocycles. The third kappa shape index (κ3) is 6.64. The Morgan fingerprint density at radius 2 is 1.75 bits per heavy atom. The summed E-state index contributed by atoms with van der Waals surface area (Å²) in [5, 5.41) is 2.82. The van der Waals surface area contributed by atoms with Gasteiger partial charge in [-0.3, -0.25) is 9.59 Å². The van der Waals surface area contributed by atoms with Crippen molar-refractivity contribution in [3.05, 3.63) is 53.0 Å². The molecule has 2 rings (SSSR count). The van der Waals surface area contributed by atoms with Gasteiger partial charge in [0.15, 0.2) is 6.61 Å². The van der Waals surface area contributed by atoms with Crippen molar-refractivity contribution >= 4 is 45.2 Å². The number of carbonyl (C=O) groups excluding carboxylic acids is 2. The topological polar surface area (TPSA) is 81.4 Å². The molecule has 0 atom stereocenters. The van der Waals surface area contributed by atoms with E-state index >= 15 is 0 Å². The van der Waals surface area contributed by atoms with Gasteiger partial charge in [-0.15, -0.1) is 11.8 Å². The van der Waals surface area contributed by atoms with Crippen LogP contribution in [0.1, 0.15) is 6.42 Å². The highest BCUT2D eigenvalue weighted by molar-refractivity contribution is 9.10. The SMILES string of the molecule is NC(=O)COc1ccc(NC(=O)CCSc2ccc(Br)cc2)cc1. The van der Waals surface area contributed by atoms with Gasteiger partial charge in [-0.1, -0.05) is 15.9 Å². The van der Waals surface area contributed by atoms with Gasteiger partial charge < -0.3 is 15.8 Å². The van der Waals surface area contributed by atoms with E-state index in [-0.39, 0.29) is 12.5 Å². The third-order valence-electron chi connectivity index (χ3n) is 2.93. The first-order valence-electron chi connectivity index (χ1n) is 7.22. The Kier molecular flexibility index (Phi) is 7.14. The van der Waals surface area contributed by atoms with Crippen LogP contribution in [0.5, 0.6) is 5.75 Å². The lowest BCUT2D eigenvalue weighted by molar-refractivity contribution is -0.120. The van der Waals surface area contributed by atoms with Crippen LogP contribution in [0.2, 0.25) is 0 Å². The highest BCUT2D eigenvalue weighted by atomic mass is 79.9. The Bertz CT molecular complexity index is 690. The number of hydrogen-bond acceptors (Lipinski definition) is 4. The van der Waals surface area contributed by atoms with Gasteiger partial charge in [-0.25, -0.2) is 0 Å². The molecule has 0 bridgehead atoms. The number of primary amides is 1. The number of hydrogen-bond donors (Lipinski definition) is 2. The van der Waals surface area contributed by atoms with Crippen molar-refractivity contribution in [2.24, 2.45) is 5.73 Å². The van der Waals surface area contributed by atoms with E-state index in [1.165, 1.54) is 0 Å². The number of anilines is 1. The Labute approximate surface area is 153 Å². The summed E-state index contributed by atoms with van der Waals surface area (Å²) in [7, 11) is 0. The Morgan fingerprint density at radius 3 is 2.38 bits per heavy atom. The predicted molar refractivity (Wildman–Crippen MR) is 99.2 cm³/mol. The van der Waals surface area contributed by atoms with Crippen molar-refractivity contribution in [3.63, 3.8) is 0 Å². The number of amides is 2. The van der Waals surface area contributed by atoms with Crippen molar-refractivity contribution in [1.82, 2.24) is 0 Å². The fraction of sp³-hybridized carbons (Fsp3) is 0.176. The molecule has 5 nitrogen and oxygen atoms in total. The van der Waals surface area contributed by atoms with E-state index in [4.69, 9.17) is 10.5 Å². The number of thioether (sulfide) groups is 1. The average Bonchev–Trinajstić information content (AvgIpc) is 2.56. The van der Waals surface area contributed by atoms with Gasteiger partial charge in [0.1, 0.15) is 5.75 Å². The number of halogens is 1. The Hall–Kier alpha value is -1.99. The normalized spacial score (nSPS) is 10.2. The molecule has 0 aliphatic carbocycles. The molecule has 0 unspecified atom stereocenters. The van der Waals surface area contributed by atoms with Crippen molar-refractivity contribution in [3.8, 4) is 5.75 Å². The predicted octanol–water partition coefficient (Wildman–Crippen LogP) is 3.43. The minimum atomic E-state index is -0.532. The second-order valence-electron chi connectivity index (χ2n) is 4.88. The van der Waals surface area contributed by atoms with Gasteiger partial charge in [0.05, 0.1) is 0 Å². The molecular formula is C17H17BrN2O3S. The first-order valence-corrected chi connectivity index (χ1v) is 9.00. The fourth-order valence-electron chi connectivity index (χ4n) is 1.80. The monoisotopic (exact) mass is 408 g/mol. The van der Waals surface area contributed by atoms with Crippen LogP contribution in [0.25, 0.3) is 0 Å². The minimum Gasteiger partial charge on any atom is -0.484 e. The van der Waals surface area contributed by atoms with Crippen LogP contribution >= 0.6 is 27.7 Å². The maximum absolute atomic E-state index is 11.9. The first kappa shape index (κ1) is 18.4. The molecule has 0 fully saturated rings. The molecule has 0 saturated heterocycles. The number of carbonyl (C=O) groups is 2. The maximum atomic E-state index is 11.9. The van der Waals surface area contributed by atoms with Crippen LogP contribution in [-0.2, 0) is 9.59 Å². The van der Waals surface area contributed by atoms with Crippen LogP contribution in [0, 0.1) is 0 Å². The molecule has 0 radical (unpaired) electrons. The second-order valence-corrected chi connectivity index (χ2v) is 6.96. The first-order chi connectivity index (χ1) is 11.5.